The van der Waals surface area contributed by atoms with Crippen LogP contribution in [0.2, 0.25) is 0 Å². The summed E-state index contributed by atoms with van der Waals surface area (Å²) in [6, 6.07) is 6.47. The van der Waals surface area contributed by atoms with Crippen molar-refractivity contribution >= 4 is 11.7 Å². The van der Waals surface area contributed by atoms with Gasteiger partial charge in [-0.3, -0.25) is 0 Å². The first kappa shape index (κ1) is 18.2. The molecule has 0 unspecified atom stereocenters. The maximum Gasteiger partial charge on any atom is 0.335 e. The minimum absolute atomic E-state index is 0.225. The Hall–Kier alpha value is -2.82. The van der Waals surface area contributed by atoms with Gasteiger partial charge in [-0.1, -0.05) is 36.0 Å². The quantitative estimate of drug-likeness (QED) is 0.257. The van der Waals surface area contributed by atoms with Gasteiger partial charge < -0.3 is 14.7 Å². The molecule has 23 heavy (non-hydrogen) atoms. The van der Waals surface area contributed by atoms with E-state index in [1.165, 1.54) is 12.1 Å². The normalized spacial score (nSPS) is 12.3. The average Bonchev–Trinajstić information content (AvgIpc) is 2.55. The Morgan fingerprint density at radius 1 is 1.30 bits per heavy atom. The molecule has 0 aliphatic rings. The first-order valence-corrected chi connectivity index (χ1v) is 7.08. The van der Waals surface area contributed by atoms with Crippen LogP contribution in [0.4, 0.5) is 0 Å². The fraction of sp³-hybridized carbons (Fsp3) is 0.222. The zero-order chi connectivity index (χ0) is 17.2. The summed E-state index contributed by atoms with van der Waals surface area (Å²) in [5.41, 5.74) is 1.68. The summed E-state index contributed by atoms with van der Waals surface area (Å²) in [5.74, 6) is 0.0452. The third-order valence-corrected chi connectivity index (χ3v) is 2.97. The van der Waals surface area contributed by atoms with Crippen LogP contribution in [0.5, 0.6) is 0 Å². The van der Waals surface area contributed by atoms with Gasteiger partial charge in [0, 0.05) is 12.5 Å². The summed E-state index contributed by atoms with van der Waals surface area (Å²) in [5, 5.41) is 13.1. The van der Waals surface area contributed by atoms with E-state index in [-0.39, 0.29) is 5.56 Å². The second-order valence-corrected chi connectivity index (χ2v) is 4.71. The molecule has 1 rings (SSSR count). The second kappa shape index (κ2) is 9.25. The number of nitrogens with zero attached hydrogens (tertiary/aromatic N) is 1. The first-order valence-electron chi connectivity index (χ1n) is 7.08. The van der Waals surface area contributed by atoms with Crippen LogP contribution in [0, 0.1) is 0 Å². The Balaban J connectivity index is 2.97. The van der Waals surface area contributed by atoms with Crippen LogP contribution < -0.4 is 0 Å². The number of rotatable bonds is 8. The number of allylic oxidation sites excluding steroid dienone is 4. The molecule has 0 aliphatic heterocycles. The van der Waals surface area contributed by atoms with Gasteiger partial charge in [-0.25, -0.2) is 4.79 Å². The molecule has 5 heteroatoms. The molecule has 0 saturated carbocycles. The highest BCUT2D eigenvalue weighted by molar-refractivity contribution is 6.01. The van der Waals surface area contributed by atoms with E-state index in [4.69, 9.17) is 14.7 Å². The lowest BCUT2D eigenvalue weighted by atomic mass is 10.1. The van der Waals surface area contributed by atoms with Crippen LogP contribution in [-0.4, -0.2) is 23.9 Å². The molecule has 0 amide bonds. The third-order valence-electron chi connectivity index (χ3n) is 2.97. The van der Waals surface area contributed by atoms with Gasteiger partial charge >= 0.3 is 5.97 Å². The van der Waals surface area contributed by atoms with Crippen LogP contribution in [0.1, 0.15) is 36.2 Å². The van der Waals surface area contributed by atoms with E-state index in [1.54, 1.807) is 32.2 Å². The molecule has 5 nitrogen and oxygen atoms in total. The van der Waals surface area contributed by atoms with Gasteiger partial charge in [0.1, 0.15) is 0 Å². The second-order valence-electron chi connectivity index (χ2n) is 4.71. The smallest absolute Gasteiger partial charge is 0.335 e. The molecule has 1 N–H and O–H groups in total. The largest absolute Gasteiger partial charge is 0.501 e. The van der Waals surface area contributed by atoms with Crippen LogP contribution in [-0.2, 0) is 9.57 Å². The van der Waals surface area contributed by atoms with Crippen LogP contribution in [0.15, 0.2) is 65.7 Å². The predicted molar refractivity (Wildman–Crippen MR) is 90.4 cm³/mol. The van der Waals surface area contributed by atoms with Crippen molar-refractivity contribution in [2.45, 2.75) is 20.3 Å². The molecule has 0 atom stereocenters. The molecule has 122 valence electrons. The van der Waals surface area contributed by atoms with E-state index < -0.39 is 5.97 Å². The van der Waals surface area contributed by atoms with Gasteiger partial charge in [0.25, 0.3) is 0 Å². The van der Waals surface area contributed by atoms with Crippen molar-refractivity contribution in [3.05, 3.63) is 71.7 Å². The van der Waals surface area contributed by atoms with Crippen LogP contribution in [0.25, 0.3) is 0 Å². The average molecular weight is 315 g/mol. The standard InChI is InChI=1S/C18H21NO4/c1-5-6-7-17(19-23-14(3)12-13(2)22-4)15-8-10-16(11-9-15)18(20)21/h5-6,8-12H,3,7H2,1-2,4H3,(H,20,21)/b6-5-,13-12+,19-17+. The maximum atomic E-state index is 10.9. The molecule has 0 fully saturated rings. The minimum Gasteiger partial charge on any atom is -0.501 e. The molecule has 0 spiro atoms. The number of oxime groups is 1. The fourth-order valence-electron chi connectivity index (χ4n) is 1.67. The number of hydrogen-bond acceptors (Lipinski definition) is 4. The summed E-state index contributed by atoms with van der Waals surface area (Å²) in [4.78, 5) is 16.2. The lowest BCUT2D eigenvalue weighted by molar-refractivity contribution is 0.0697. The van der Waals surface area contributed by atoms with Crippen molar-refractivity contribution in [2.24, 2.45) is 5.16 Å². The zero-order valence-electron chi connectivity index (χ0n) is 13.6. The van der Waals surface area contributed by atoms with E-state index in [0.717, 1.165) is 5.56 Å². The Morgan fingerprint density at radius 3 is 2.43 bits per heavy atom. The molecule has 0 aliphatic carbocycles. The molecular formula is C18H21NO4. The molecular weight excluding hydrogens is 294 g/mol. The summed E-state index contributed by atoms with van der Waals surface area (Å²) < 4.78 is 5.02. The predicted octanol–water partition coefficient (Wildman–Crippen LogP) is 4.14. The molecule has 0 bridgehead atoms. The number of carboxylic acids is 1. The highest BCUT2D eigenvalue weighted by Crippen LogP contribution is 2.11. The van der Waals surface area contributed by atoms with Crippen molar-refractivity contribution in [1.29, 1.82) is 0 Å². The Labute approximate surface area is 136 Å². The van der Waals surface area contributed by atoms with Crippen LogP contribution >= 0.6 is 0 Å². The van der Waals surface area contributed by atoms with Gasteiger partial charge in [-0.2, -0.15) is 0 Å². The topological polar surface area (TPSA) is 68.1 Å². The van der Waals surface area contributed by atoms with E-state index in [0.29, 0.717) is 23.7 Å². The molecule has 1 aromatic rings. The van der Waals surface area contributed by atoms with Crippen molar-refractivity contribution < 1.29 is 19.5 Å². The number of methoxy groups -OCH3 is 1. The van der Waals surface area contributed by atoms with Gasteiger partial charge in [0.05, 0.1) is 24.1 Å². The van der Waals surface area contributed by atoms with Crippen molar-refractivity contribution in [2.75, 3.05) is 7.11 Å². The molecule has 0 saturated heterocycles. The Morgan fingerprint density at radius 2 is 1.91 bits per heavy atom. The van der Waals surface area contributed by atoms with Crippen molar-refractivity contribution in [3.63, 3.8) is 0 Å². The Bertz CT molecular complexity index is 639. The van der Waals surface area contributed by atoms with E-state index >= 15 is 0 Å². The van der Waals surface area contributed by atoms with Crippen molar-refractivity contribution in [3.8, 4) is 0 Å². The number of ether oxygens (including phenoxy) is 1. The van der Waals surface area contributed by atoms with Crippen molar-refractivity contribution in [1.82, 2.24) is 0 Å². The molecule has 1 aromatic carbocycles. The summed E-state index contributed by atoms with van der Waals surface area (Å²) >= 11 is 0. The fourth-order valence-corrected chi connectivity index (χ4v) is 1.67. The lowest BCUT2D eigenvalue weighted by Crippen LogP contribution is -2.03. The van der Waals surface area contributed by atoms with Gasteiger partial charge in [-0.15, -0.1) is 0 Å². The SMILES string of the molecule is C=C(/C=C(\C)OC)O/N=C(\C/C=C\C)c1ccc(C(=O)O)cc1. The third kappa shape index (κ3) is 6.22. The highest BCUT2D eigenvalue weighted by atomic mass is 16.6. The molecule has 0 radical (unpaired) electrons. The maximum absolute atomic E-state index is 10.9. The molecule has 0 heterocycles. The number of carboxylic acid groups (broad SMARTS) is 1. The van der Waals surface area contributed by atoms with Gasteiger partial charge in [-0.05, 0) is 31.5 Å². The monoisotopic (exact) mass is 315 g/mol. The minimum atomic E-state index is -0.965. The number of aromatic carboxylic acids is 1. The van der Waals surface area contributed by atoms with Gasteiger partial charge in [0.15, 0.2) is 5.76 Å². The lowest BCUT2D eigenvalue weighted by Gasteiger charge is -2.06. The first-order chi connectivity index (χ1) is 11.0. The van der Waals surface area contributed by atoms with Crippen LogP contribution in [0.3, 0.4) is 0 Å². The molecule has 0 aromatic heterocycles. The summed E-state index contributed by atoms with van der Waals surface area (Å²) in [6.45, 7) is 7.44. The van der Waals surface area contributed by atoms with E-state index in [1.807, 2.05) is 19.1 Å². The number of hydrogen-bond donors (Lipinski definition) is 1. The Kier molecular flexibility index (Phi) is 7.33. The van der Waals surface area contributed by atoms with E-state index in [9.17, 15) is 4.79 Å². The van der Waals surface area contributed by atoms with Gasteiger partial charge in [0.2, 0.25) is 0 Å². The number of carbonyl (C=O) groups is 1. The highest BCUT2D eigenvalue weighted by Gasteiger charge is 2.07. The zero-order valence-corrected chi connectivity index (χ0v) is 13.6. The van der Waals surface area contributed by atoms with E-state index in [2.05, 4.69) is 11.7 Å². The summed E-state index contributed by atoms with van der Waals surface area (Å²) in [7, 11) is 1.56. The summed E-state index contributed by atoms with van der Waals surface area (Å²) in [6.07, 6.45) is 6.03. The number of benzene rings is 1.